The van der Waals surface area contributed by atoms with Gasteiger partial charge < -0.3 is 19.9 Å². The third-order valence-electron chi connectivity index (χ3n) is 3.95. The van der Waals surface area contributed by atoms with E-state index < -0.39 is 17.9 Å². The first-order chi connectivity index (χ1) is 12.5. The van der Waals surface area contributed by atoms with Crippen molar-refractivity contribution in [2.75, 3.05) is 13.2 Å². The minimum Gasteiger partial charge on any atom is -0.489 e. The quantitative estimate of drug-likeness (QED) is 0.839. The van der Waals surface area contributed by atoms with Gasteiger partial charge in [-0.1, -0.05) is 41.9 Å². The molecule has 0 aromatic heterocycles. The van der Waals surface area contributed by atoms with Crippen molar-refractivity contribution in [2.24, 2.45) is 0 Å². The molecule has 1 aliphatic rings. The number of carboxylic acid groups (broad SMARTS) is 1. The SMILES string of the molecule is O=C(N[C@H](Cc1ccccc1)C(=O)O)c1cc(Cl)c2c(c1)OCCCO2. The first-order valence-corrected chi connectivity index (χ1v) is 8.59. The van der Waals surface area contributed by atoms with Crippen LogP contribution in [-0.2, 0) is 11.2 Å². The largest absolute Gasteiger partial charge is 0.489 e. The lowest BCUT2D eigenvalue weighted by Crippen LogP contribution is -2.42. The van der Waals surface area contributed by atoms with E-state index in [1.54, 1.807) is 0 Å². The highest BCUT2D eigenvalue weighted by molar-refractivity contribution is 6.32. The molecule has 1 heterocycles. The second-order valence-corrected chi connectivity index (χ2v) is 6.30. The smallest absolute Gasteiger partial charge is 0.326 e. The Hall–Kier alpha value is -2.73. The van der Waals surface area contributed by atoms with Gasteiger partial charge in [-0.05, 0) is 17.7 Å². The van der Waals surface area contributed by atoms with Crippen LogP contribution in [0.3, 0.4) is 0 Å². The summed E-state index contributed by atoms with van der Waals surface area (Å²) < 4.78 is 11.1. The molecule has 136 valence electrons. The van der Waals surface area contributed by atoms with E-state index >= 15 is 0 Å². The summed E-state index contributed by atoms with van der Waals surface area (Å²) in [4.78, 5) is 24.1. The standard InChI is InChI=1S/C19H18ClNO5/c20-14-10-13(11-16-17(14)26-8-4-7-25-16)18(22)21-15(19(23)24)9-12-5-2-1-3-6-12/h1-3,5-6,10-11,15H,4,7-9H2,(H,21,22)(H,23,24)/t15-/m1/s1. The molecule has 1 amide bonds. The predicted molar refractivity (Wildman–Crippen MR) is 96.1 cm³/mol. The van der Waals surface area contributed by atoms with Gasteiger partial charge in [0.25, 0.3) is 5.91 Å². The highest BCUT2D eigenvalue weighted by Gasteiger charge is 2.23. The lowest BCUT2D eigenvalue weighted by Gasteiger charge is -2.16. The summed E-state index contributed by atoms with van der Waals surface area (Å²) in [5.41, 5.74) is 1.04. The van der Waals surface area contributed by atoms with Gasteiger partial charge in [0.2, 0.25) is 0 Å². The van der Waals surface area contributed by atoms with Gasteiger partial charge >= 0.3 is 5.97 Å². The summed E-state index contributed by atoms with van der Waals surface area (Å²) in [6, 6.07) is 11.0. The molecule has 0 saturated carbocycles. The topological polar surface area (TPSA) is 84.9 Å². The van der Waals surface area contributed by atoms with Crippen LogP contribution in [-0.4, -0.2) is 36.2 Å². The molecule has 1 atom stereocenters. The van der Waals surface area contributed by atoms with Gasteiger partial charge in [-0.3, -0.25) is 4.79 Å². The van der Waals surface area contributed by atoms with Gasteiger partial charge in [0.15, 0.2) is 11.5 Å². The molecule has 3 rings (SSSR count). The molecule has 26 heavy (non-hydrogen) atoms. The van der Waals surface area contributed by atoms with Crippen molar-refractivity contribution < 1.29 is 24.2 Å². The third-order valence-corrected chi connectivity index (χ3v) is 4.23. The van der Waals surface area contributed by atoms with E-state index in [2.05, 4.69) is 5.32 Å². The fourth-order valence-corrected chi connectivity index (χ4v) is 2.92. The Morgan fingerprint density at radius 3 is 2.62 bits per heavy atom. The Kier molecular flexibility index (Phi) is 5.63. The average Bonchev–Trinajstić information content (AvgIpc) is 2.87. The van der Waals surface area contributed by atoms with Gasteiger partial charge in [-0.15, -0.1) is 0 Å². The molecular weight excluding hydrogens is 358 g/mol. The molecule has 0 radical (unpaired) electrons. The maximum Gasteiger partial charge on any atom is 0.326 e. The van der Waals surface area contributed by atoms with Gasteiger partial charge in [-0.2, -0.15) is 0 Å². The van der Waals surface area contributed by atoms with Gasteiger partial charge in [0.05, 0.1) is 18.2 Å². The van der Waals surface area contributed by atoms with Crippen LogP contribution < -0.4 is 14.8 Å². The van der Waals surface area contributed by atoms with E-state index in [0.29, 0.717) is 31.1 Å². The van der Waals surface area contributed by atoms with E-state index in [-0.39, 0.29) is 17.0 Å². The summed E-state index contributed by atoms with van der Waals surface area (Å²) in [6.07, 6.45) is 0.894. The lowest BCUT2D eigenvalue weighted by atomic mass is 10.1. The zero-order chi connectivity index (χ0) is 18.5. The number of fused-ring (bicyclic) bond motifs is 1. The van der Waals surface area contributed by atoms with Crippen molar-refractivity contribution in [3.63, 3.8) is 0 Å². The summed E-state index contributed by atoms with van der Waals surface area (Å²) >= 11 is 6.19. The molecule has 0 fully saturated rings. The predicted octanol–water partition coefficient (Wildman–Crippen LogP) is 2.93. The van der Waals surface area contributed by atoms with E-state index in [9.17, 15) is 14.7 Å². The van der Waals surface area contributed by atoms with Gasteiger partial charge in [0.1, 0.15) is 6.04 Å². The van der Waals surface area contributed by atoms with Crippen LogP contribution in [0.4, 0.5) is 0 Å². The fourth-order valence-electron chi connectivity index (χ4n) is 2.65. The number of benzene rings is 2. The van der Waals surface area contributed by atoms with E-state index in [1.807, 2.05) is 30.3 Å². The molecule has 0 bridgehead atoms. The van der Waals surface area contributed by atoms with Crippen LogP contribution in [0.25, 0.3) is 0 Å². The number of ether oxygens (including phenoxy) is 2. The number of halogens is 1. The zero-order valence-electron chi connectivity index (χ0n) is 13.9. The zero-order valence-corrected chi connectivity index (χ0v) is 14.7. The summed E-state index contributed by atoms with van der Waals surface area (Å²) in [5.74, 6) is -0.858. The third kappa shape index (κ3) is 4.26. The van der Waals surface area contributed by atoms with Crippen LogP contribution in [0.5, 0.6) is 11.5 Å². The number of carboxylic acids is 1. The van der Waals surface area contributed by atoms with Crippen molar-refractivity contribution in [1.29, 1.82) is 0 Å². The average molecular weight is 376 g/mol. The van der Waals surface area contributed by atoms with Crippen LogP contribution in [0.15, 0.2) is 42.5 Å². The second-order valence-electron chi connectivity index (χ2n) is 5.89. The van der Waals surface area contributed by atoms with Crippen molar-refractivity contribution in [2.45, 2.75) is 18.9 Å². The minimum absolute atomic E-state index is 0.181. The number of carbonyl (C=O) groups excluding carboxylic acids is 1. The Morgan fingerprint density at radius 1 is 1.15 bits per heavy atom. The highest BCUT2D eigenvalue weighted by Crippen LogP contribution is 2.38. The molecule has 6 nitrogen and oxygen atoms in total. The molecule has 2 N–H and O–H groups in total. The Labute approximate surface area is 155 Å². The first-order valence-electron chi connectivity index (χ1n) is 8.21. The van der Waals surface area contributed by atoms with Crippen LogP contribution in [0.2, 0.25) is 5.02 Å². The maximum absolute atomic E-state index is 12.5. The lowest BCUT2D eigenvalue weighted by molar-refractivity contribution is -0.139. The molecule has 7 heteroatoms. The van der Waals surface area contributed by atoms with Crippen LogP contribution in [0, 0.1) is 0 Å². The van der Waals surface area contributed by atoms with Gasteiger partial charge in [0, 0.05) is 18.4 Å². The summed E-state index contributed by atoms with van der Waals surface area (Å²) in [6.45, 7) is 0.941. The van der Waals surface area contributed by atoms with Crippen LogP contribution in [0.1, 0.15) is 22.3 Å². The Morgan fingerprint density at radius 2 is 1.88 bits per heavy atom. The number of nitrogens with one attached hydrogen (secondary N) is 1. The van der Waals surface area contributed by atoms with Crippen LogP contribution >= 0.6 is 11.6 Å². The molecule has 1 aliphatic heterocycles. The maximum atomic E-state index is 12.5. The van der Waals surface area contributed by atoms with Crippen molar-refractivity contribution >= 4 is 23.5 Å². The molecule has 0 aliphatic carbocycles. The highest BCUT2D eigenvalue weighted by atomic mass is 35.5. The monoisotopic (exact) mass is 375 g/mol. The van der Waals surface area contributed by atoms with Crippen molar-refractivity contribution in [3.05, 3.63) is 58.6 Å². The van der Waals surface area contributed by atoms with E-state index in [4.69, 9.17) is 21.1 Å². The first kappa shape index (κ1) is 18.1. The number of rotatable bonds is 5. The number of amides is 1. The minimum atomic E-state index is -1.11. The summed E-state index contributed by atoms with van der Waals surface area (Å²) in [5, 5.41) is 12.2. The fraction of sp³-hybridized carbons (Fsp3) is 0.263. The number of hydrogen-bond acceptors (Lipinski definition) is 4. The van der Waals surface area contributed by atoms with Crippen molar-refractivity contribution in [1.82, 2.24) is 5.32 Å². The van der Waals surface area contributed by atoms with E-state index in [1.165, 1.54) is 12.1 Å². The Bertz CT molecular complexity index is 809. The van der Waals surface area contributed by atoms with E-state index in [0.717, 1.165) is 5.56 Å². The normalized spacial score (nSPS) is 14.2. The molecule has 0 saturated heterocycles. The van der Waals surface area contributed by atoms with Crippen molar-refractivity contribution in [3.8, 4) is 11.5 Å². The van der Waals surface area contributed by atoms with Gasteiger partial charge in [-0.25, -0.2) is 4.79 Å². The number of hydrogen-bond donors (Lipinski definition) is 2. The summed E-state index contributed by atoms with van der Waals surface area (Å²) in [7, 11) is 0. The molecule has 0 spiro atoms. The molecular formula is C19H18ClNO5. The number of carbonyl (C=O) groups is 2. The molecule has 0 unspecified atom stereocenters. The molecule has 2 aromatic rings. The second kappa shape index (κ2) is 8.10. The number of aliphatic carboxylic acids is 1. The Balaban J connectivity index is 1.78. The molecule has 2 aromatic carbocycles.